The number of anilines is 1. The highest BCUT2D eigenvalue weighted by Crippen LogP contribution is 2.25. The van der Waals surface area contributed by atoms with E-state index < -0.39 is 10.0 Å². The molecule has 0 bridgehead atoms. The summed E-state index contributed by atoms with van der Waals surface area (Å²) < 4.78 is 27.4. The maximum Gasteiger partial charge on any atom is 0.245 e. The molecule has 0 spiro atoms. The highest BCUT2D eigenvalue weighted by molar-refractivity contribution is 7.89. The lowest BCUT2D eigenvalue weighted by molar-refractivity contribution is 0.384. The molecular formula is C16H17N5O2S. The monoisotopic (exact) mass is 343 g/mol. The van der Waals surface area contributed by atoms with Crippen LogP contribution in [0.25, 0.3) is 11.0 Å². The van der Waals surface area contributed by atoms with Crippen LogP contribution in [0.4, 0.5) is 5.82 Å². The van der Waals surface area contributed by atoms with E-state index in [1.54, 1.807) is 24.5 Å². The highest BCUT2D eigenvalue weighted by Gasteiger charge is 2.30. The molecule has 0 saturated carbocycles. The Balaban J connectivity index is 1.56. The Morgan fingerprint density at radius 1 is 0.958 bits per heavy atom. The van der Waals surface area contributed by atoms with Gasteiger partial charge in [-0.3, -0.25) is 0 Å². The van der Waals surface area contributed by atoms with Crippen LogP contribution in [-0.4, -0.2) is 53.9 Å². The second kappa shape index (κ2) is 5.88. The van der Waals surface area contributed by atoms with Gasteiger partial charge in [-0.25, -0.2) is 18.4 Å². The molecule has 1 saturated heterocycles. The van der Waals surface area contributed by atoms with Crippen LogP contribution in [0.15, 0.2) is 53.8 Å². The van der Waals surface area contributed by atoms with Gasteiger partial charge >= 0.3 is 0 Å². The predicted molar refractivity (Wildman–Crippen MR) is 91.3 cm³/mol. The standard InChI is InChI=1S/C16H17N5O2S/c22-24(23,14-12-19-16-13(14)4-3-7-18-16)21-10-8-20(9-11-21)15-5-1-2-6-17-15/h1-7,12H,8-11H2,(H,18,19). The van der Waals surface area contributed by atoms with Crippen molar-refractivity contribution >= 4 is 26.9 Å². The second-order valence-electron chi connectivity index (χ2n) is 5.63. The maximum absolute atomic E-state index is 12.9. The van der Waals surface area contributed by atoms with E-state index in [4.69, 9.17) is 0 Å². The van der Waals surface area contributed by atoms with Gasteiger partial charge in [-0.05, 0) is 24.3 Å². The molecule has 1 N–H and O–H groups in total. The van der Waals surface area contributed by atoms with Gasteiger partial charge in [-0.1, -0.05) is 6.07 Å². The Bertz CT molecular complexity index is 947. The van der Waals surface area contributed by atoms with Crippen LogP contribution in [0.3, 0.4) is 0 Å². The van der Waals surface area contributed by atoms with Crippen LogP contribution in [0, 0.1) is 0 Å². The van der Waals surface area contributed by atoms with Gasteiger partial charge in [-0.15, -0.1) is 0 Å². The third-order valence-corrected chi connectivity index (χ3v) is 6.18. The van der Waals surface area contributed by atoms with Gasteiger partial charge in [0.1, 0.15) is 16.4 Å². The van der Waals surface area contributed by atoms with Crippen LogP contribution in [0.2, 0.25) is 0 Å². The molecular weight excluding hydrogens is 326 g/mol. The minimum absolute atomic E-state index is 0.289. The number of H-pyrrole nitrogens is 1. The lowest BCUT2D eigenvalue weighted by Crippen LogP contribution is -2.48. The van der Waals surface area contributed by atoms with Crippen molar-refractivity contribution in [3.05, 3.63) is 48.9 Å². The predicted octanol–water partition coefficient (Wildman–Crippen LogP) is 1.47. The zero-order valence-electron chi connectivity index (χ0n) is 13.0. The Hall–Kier alpha value is -2.45. The number of pyridine rings is 2. The van der Waals surface area contributed by atoms with Crippen LogP contribution in [0.5, 0.6) is 0 Å². The van der Waals surface area contributed by atoms with Crippen LogP contribution in [0.1, 0.15) is 0 Å². The summed E-state index contributed by atoms with van der Waals surface area (Å²) >= 11 is 0. The smallest absolute Gasteiger partial charge is 0.245 e. The van der Waals surface area contributed by atoms with Crippen molar-refractivity contribution in [3.63, 3.8) is 0 Å². The first-order valence-corrected chi connectivity index (χ1v) is 9.18. The normalized spacial score (nSPS) is 16.6. The summed E-state index contributed by atoms with van der Waals surface area (Å²) in [6, 6.07) is 9.26. The summed E-state index contributed by atoms with van der Waals surface area (Å²) in [5.41, 5.74) is 0.586. The van der Waals surface area contributed by atoms with Gasteiger partial charge in [0.05, 0.1) is 0 Å². The number of sulfonamides is 1. The maximum atomic E-state index is 12.9. The van der Waals surface area contributed by atoms with Crippen molar-refractivity contribution in [2.24, 2.45) is 0 Å². The molecule has 8 heteroatoms. The third kappa shape index (κ3) is 2.53. The zero-order chi connectivity index (χ0) is 16.6. The van der Waals surface area contributed by atoms with Gasteiger partial charge in [0.15, 0.2) is 0 Å². The molecule has 124 valence electrons. The van der Waals surface area contributed by atoms with Crippen LogP contribution in [-0.2, 0) is 10.0 Å². The number of hydrogen-bond donors (Lipinski definition) is 1. The second-order valence-corrected chi connectivity index (χ2v) is 7.54. The summed E-state index contributed by atoms with van der Waals surface area (Å²) in [5.74, 6) is 0.880. The average molecular weight is 343 g/mol. The molecule has 4 heterocycles. The average Bonchev–Trinajstić information content (AvgIpc) is 3.07. The Morgan fingerprint density at radius 2 is 1.75 bits per heavy atom. The minimum atomic E-state index is -3.54. The lowest BCUT2D eigenvalue weighted by Gasteiger charge is -2.34. The minimum Gasteiger partial charge on any atom is -0.354 e. The van der Waals surface area contributed by atoms with Crippen molar-refractivity contribution in [1.29, 1.82) is 0 Å². The number of nitrogens with zero attached hydrogens (tertiary/aromatic N) is 4. The number of aromatic nitrogens is 3. The zero-order valence-corrected chi connectivity index (χ0v) is 13.8. The van der Waals surface area contributed by atoms with Gasteiger partial charge in [-0.2, -0.15) is 4.31 Å². The highest BCUT2D eigenvalue weighted by atomic mass is 32.2. The first-order chi connectivity index (χ1) is 11.7. The lowest BCUT2D eigenvalue weighted by atomic mass is 10.3. The van der Waals surface area contributed by atoms with E-state index in [9.17, 15) is 8.42 Å². The Morgan fingerprint density at radius 3 is 2.50 bits per heavy atom. The molecule has 3 aromatic rings. The molecule has 1 aliphatic heterocycles. The molecule has 0 amide bonds. The number of rotatable bonds is 3. The summed E-state index contributed by atoms with van der Waals surface area (Å²) in [4.78, 5) is 13.8. The quantitative estimate of drug-likeness (QED) is 0.779. The van der Waals surface area contributed by atoms with Gasteiger partial charge < -0.3 is 9.88 Å². The van der Waals surface area contributed by atoms with E-state index >= 15 is 0 Å². The number of nitrogens with one attached hydrogen (secondary N) is 1. The van der Waals surface area contributed by atoms with Crippen molar-refractivity contribution in [2.75, 3.05) is 31.1 Å². The van der Waals surface area contributed by atoms with E-state index in [-0.39, 0.29) is 4.90 Å². The van der Waals surface area contributed by atoms with Crippen molar-refractivity contribution < 1.29 is 8.42 Å². The fraction of sp³-hybridized carbons (Fsp3) is 0.250. The fourth-order valence-electron chi connectivity index (χ4n) is 2.98. The molecule has 3 aromatic heterocycles. The molecule has 0 aromatic carbocycles. The third-order valence-electron chi connectivity index (χ3n) is 4.24. The number of hydrogen-bond acceptors (Lipinski definition) is 5. The number of piperazine rings is 1. The Labute approximate surface area is 140 Å². The first-order valence-electron chi connectivity index (χ1n) is 7.74. The molecule has 0 atom stereocenters. The van der Waals surface area contributed by atoms with Crippen molar-refractivity contribution in [2.45, 2.75) is 4.90 Å². The number of fused-ring (bicyclic) bond motifs is 1. The molecule has 0 aliphatic carbocycles. The number of aromatic amines is 1. The molecule has 24 heavy (non-hydrogen) atoms. The van der Waals surface area contributed by atoms with Crippen LogP contribution < -0.4 is 4.90 Å². The fourth-order valence-corrected chi connectivity index (χ4v) is 4.55. The van der Waals surface area contributed by atoms with E-state index in [1.807, 2.05) is 18.2 Å². The summed E-state index contributed by atoms with van der Waals surface area (Å²) in [5, 5.41) is 0.629. The molecule has 7 nitrogen and oxygen atoms in total. The molecule has 0 radical (unpaired) electrons. The SMILES string of the molecule is O=S(=O)(c1c[nH]c2ncccc12)N1CCN(c2ccccn2)CC1. The van der Waals surface area contributed by atoms with Gasteiger partial charge in [0, 0.05) is 50.2 Å². The summed E-state index contributed by atoms with van der Waals surface area (Å²) in [6.45, 7) is 2.12. The molecule has 0 unspecified atom stereocenters. The van der Waals surface area contributed by atoms with E-state index in [0.717, 1.165) is 5.82 Å². The van der Waals surface area contributed by atoms with E-state index in [2.05, 4.69) is 19.9 Å². The van der Waals surface area contributed by atoms with Gasteiger partial charge in [0.2, 0.25) is 10.0 Å². The molecule has 4 rings (SSSR count). The molecule has 1 fully saturated rings. The topological polar surface area (TPSA) is 82.2 Å². The molecule has 1 aliphatic rings. The van der Waals surface area contributed by atoms with Gasteiger partial charge in [0.25, 0.3) is 0 Å². The summed E-state index contributed by atoms with van der Waals surface area (Å²) in [7, 11) is -3.54. The first kappa shape index (κ1) is 15.1. The van der Waals surface area contributed by atoms with E-state index in [0.29, 0.717) is 37.2 Å². The van der Waals surface area contributed by atoms with Crippen molar-refractivity contribution in [1.82, 2.24) is 19.3 Å². The largest absolute Gasteiger partial charge is 0.354 e. The Kier molecular flexibility index (Phi) is 3.70. The van der Waals surface area contributed by atoms with E-state index in [1.165, 1.54) is 10.5 Å². The van der Waals surface area contributed by atoms with Crippen LogP contribution >= 0.6 is 0 Å². The van der Waals surface area contributed by atoms with Crippen molar-refractivity contribution in [3.8, 4) is 0 Å². The summed E-state index contributed by atoms with van der Waals surface area (Å²) in [6.07, 6.45) is 4.91.